The molecule has 2 aromatic heterocycles. The summed E-state index contributed by atoms with van der Waals surface area (Å²) in [5, 5.41) is 1.72. The number of hydrogen-bond acceptors (Lipinski definition) is 8. The van der Waals surface area contributed by atoms with Gasteiger partial charge in [-0.05, 0) is 49.6 Å². The van der Waals surface area contributed by atoms with Crippen LogP contribution >= 0.6 is 0 Å². The zero-order valence-corrected chi connectivity index (χ0v) is 22.6. The molecule has 0 saturated heterocycles. The van der Waals surface area contributed by atoms with Crippen LogP contribution in [0.25, 0.3) is 21.9 Å². The number of carbonyl (C=O) groups excluding carboxylic acids is 3. The highest BCUT2D eigenvalue weighted by atomic mass is 16.5. The molecule has 1 amide bonds. The minimum absolute atomic E-state index is 0.0807. The fourth-order valence-corrected chi connectivity index (χ4v) is 5.26. The molecule has 5 rings (SSSR count). The van der Waals surface area contributed by atoms with E-state index in [0.29, 0.717) is 34.3 Å². The molecule has 3 heterocycles. The predicted octanol–water partition coefficient (Wildman–Crippen LogP) is 3.58. The molecule has 0 radical (unpaired) electrons. The summed E-state index contributed by atoms with van der Waals surface area (Å²) in [4.78, 5) is 55.1. The van der Waals surface area contributed by atoms with Crippen LogP contribution in [0.15, 0.2) is 51.7 Å². The molecule has 10 nitrogen and oxygen atoms in total. The Morgan fingerprint density at radius 2 is 1.93 bits per heavy atom. The smallest absolute Gasteiger partial charge is 0.339 e. The van der Waals surface area contributed by atoms with E-state index in [-0.39, 0.29) is 44.5 Å². The summed E-state index contributed by atoms with van der Waals surface area (Å²) < 4.78 is 21.2. The minimum Gasteiger partial charge on any atom is -0.484 e. The molecule has 0 unspecified atom stereocenters. The Bertz CT molecular complexity index is 1670. The summed E-state index contributed by atoms with van der Waals surface area (Å²) in [6.45, 7) is 3.69. The van der Waals surface area contributed by atoms with Gasteiger partial charge in [0.15, 0.2) is 6.61 Å². The van der Waals surface area contributed by atoms with Crippen molar-refractivity contribution in [2.45, 2.75) is 45.7 Å². The van der Waals surface area contributed by atoms with Gasteiger partial charge in [-0.15, -0.1) is 0 Å². The van der Waals surface area contributed by atoms with Gasteiger partial charge in [0.05, 0.1) is 20.3 Å². The van der Waals surface area contributed by atoms with Crippen LogP contribution in [0, 0.1) is 6.92 Å². The number of aryl methyl sites for hydroxylation is 1. The topological polar surface area (TPSA) is 128 Å². The monoisotopic (exact) mass is 546 g/mol. The number of methoxy groups -OCH3 is 1. The number of hydrogen-bond donors (Lipinski definition) is 1. The first-order chi connectivity index (χ1) is 19.3. The average Bonchev–Trinajstić information content (AvgIpc) is 3.32. The maximum atomic E-state index is 13.3. The van der Waals surface area contributed by atoms with E-state index in [2.05, 4.69) is 4.98 Å². The lowest BCUT2D eigenvalue weighted by molar-refractivity contribution is -0.154. The lowest BCUT2D eigenvalue weighted by atomic mass is 9.96. The number of nitrogens with zero attached hydrogens (tertiary/aromatic N) is 1. The molecule has 40 heavy (non-hydrogen) atoms. The van der Waals surface area contributed by atoms with Crippen molar-refractivity contribution in [1.29, 1.82) is 0 Å². The van der Waals surface area contributed by atoms with Crippen molar-refractivity contribution >= 4 is 39.7 Å². The van der Waals surface area contributed by atoms with E-state index in [1.165, 1.54) is 12.0 Å². The molecule has 0 aliphatic carbocycles. The molecule has 0 bridgehead atoms. The number of aromatic amines is 1. The molecule has 1 aliphatic rings. The van der Waals surface area contributed by atoms with E-state index in [9.17, 15) is 19.2 Å². The third kappa shape index (κ3) is 5.16. The van der Waals surface area contributed by atoms with Crippen LogP contribution in [0.2, 0.25) is 0 Å². The van der Waals surface area contributed by atoms with Crippen molar-refractivity contribution in [2.75, 3.05) is 20.3 Å². The van der Waals surface area contributed by atoms with E-state index in [1.807, 2.05) is 24.3 Å². The highest BCUT2D eigenvalue weighted by Gasteiger charge is 2.37. The Morgan fingerprint density at radius 1 is 1.12 bits per heavy atom. The van der Waals surface area contributed by atoms with Crippen LogP contribution in [-0.2, 0) is 43.2 Å². The normalized spacial score (nSPS) is 14.7. The third-order valence-corrected chi connectivity index (χ3v) is 7.30. The first-order valence-electron chi connectivity index (χ1n) is 13.1. The van der Waals surface area contributed by atoms with Gasteiger partial charge in [0.25, 0.3) is 5.91 Å². The lowest BCUT2D eigenvalue weighted by Gasteiger charge is -2.33. The van der Waals surface area contributed by atoms with E-state index >= 15 is 0 Å². The molecule has 0 spiro atoms. The lowest BCUT2D eigenvalue weighted by Crippen LogP contribution is -2.50. The highest BCUT2D eigenvalue weighted by molar-refractivity contribution is 5.90. The highest BCUT2D eigenvalue weighted by Crippen LogP contribution is 2.31. The maximum Gasteiger partial charge on any atom is 0.339 e. The molecule has 10 heteroatoms. The zero-order chi connectivity index (χ0) is 28.4. The molecule has 0 fully saturated rings. The predicted molar refractivity (Wildman–Crippen MR) is 146 cm³/mol. The number of carbonyl (C=O) groups is 3. The zero-order valence-electron chi connectivity index (χ0n) is 22.6. The second-order valence-electron chi connectivity index (χ2n) is 9.64. The number of H-pyrrole nitrogens is 1. The van der Waals surface area contributed by atoms with Crippen molar-refractivity contribution in [2.24, 2.45) is 0 Å². The van der Waals surface area contributed by atoms with Gasteiger partial charge in [-0.2, -0.15) is 0 Å². The summed E-state index contributed by atoms with van der Waals surface area (Å²) in [5.74, 6) is -0.919. The Balaban J connectivity index is 1.32. The molecular weight excluding hydrogens is 516 g/mol. The molecule has 1 atom stereocenters. The van der Waals surface area contributed by atoms with Crippen LogP contribution in [0.4, 0.5) is 0 Å². The first-order valence-corrected chi connectivity index (χ1v) is 13.1. The number of esters is 2. The third-order valence-electron chi connectivity index (χ3n) is 7.30. The van der Waals surface area contributed by atoms with Gasteiger partial charge < -0.3 is 28.5 Å². The Labute approximate surface area is 229 Å². The molecule has 1 N–H and O–H groups in total. The van der Waals surface area contributed by atoms with Crippen molar-refractivity contribution in [3.63, 3.8) is 0 Å². The maximum absolute atomic E-state index is 13.3. The first kappa shape index (κ1) is 27.0. The fraction of sp³-hybridized carbons (Fsp3) is 0.333. The van der Waals surface area contributed by atoms with Crippen molar-refractivity contribution in [3.8, 4) is 5.75 Å². The van der Waals surface area contributed by atoms with Gasteiger partial charge >= 0.3 is 17.6 Å². The summed E-state index contributed by atoms with van der Waals surface area (Å²) in [7, 11) is 1.30. The summed E-state index contributed by atoms with van der Waals surface area (Å²) >= 11 is 0. The van der Waals surface area contributed by atoms with E-state index < -0.39 is 17.6 Å². The second kappa shape index (κ2) is 11.3. The molecule has 2 aromatic carbocycles. The number of rotatable bonds is 8. The minimum atomic E-state index is -0.780. The number of benzene rings is 2. The standard InChI is InChI=1S/C30H30N2O8/c1-4-38-28(34)12-11-20-17(2)19-10-9-18(13-26(19)40-29(20)35)39-16-27(33)32-15-24-22(14-25(32)30(36)37-3)21-7-5-6-8-23(21)31-24/h5-10,13,25,31H,4,11-12,14-16H2,1-3H3/t25-/m1/s1. The van der Waals surface area contributed by atoms with E-state index in [0.717, 1.165) is 22.2 Å². The number of amides is 1. The molecule has 4 aromatic rings. The number of ether oxygens (including phenoxy) is 3. The van der Waals surface area contributed by atoms with E-state index in [1.54, 1.807) is 32.0 Å². The van der Waals surface area contributed by atoms with Gasteiger partial charge in [-0.1, -0.05) is 18.2 Å². The molecule has 208 valence electrons. The van der Waals surface area contributed by atoms with Crippen molar-refractivity contribution in [3.05, 3.63) is 75.3 Å². The van der Waals surface area contributed by atoms with Crippen LogP contribution in [0.1, 0.15) is 35.7 Å². The van der Waals surface area contributed by atoms with Gasteiger partial charge in [0, 0.05) is 46.5 Å². The van der Waals surface area contributed by atoms with Crippen LogP contribution in [-0.4, -0.2) is 54.1 Å². The van der Waals surface area contributed by atoms with Crippen molar-refractivity contribution < 1.29 is 33.0 Å². The molecular formula is C30H30N2O8. The quantitative estimate of drug-likeness (QED) is 0.262. The molecule has 0 saturated carbocycles. The van der Waals surface area contributed by atoms with E-state index in [4.69, 9.17) is 18.6 Å². The van der Waals surface area contributed by atoms with Gasteiger partial charge in [-0.3, -0.25) is 9.59 Å². The molecule has 1 aliphatic heterocycles. The fourth-order valence-electron chi connectivity index (χ4n) is 5.26. The van der Waals surface area contributed by atoms with Crippen molar-refractivity contribution in [1.82, 2.24) is 9.88 Å². The number of aromatic nitrogens is 1. The SMILES string of the molecule is CCOC(=O)CCc1c(C)c2ccc(OCC(=O)N3Cc4[nH]c5ccccc5c4C[C@@H]3C(=O)OC)cc2oc1=O. The Kier molecular flexibility index (Phi) is 7.59. The Morgan fingerprint density at radius 3 is 2.70 bits per heavy atom. The number of para-hydroxylation sites is 1. The summed E-state index contributed by atoms with van der Waals surface area (Å²) in [5.41, 5.74) is 3.71. The van der Waals surface area contributed by atoms with Gasteiger partial charge in [-0.25, -0.2) is 9.59 Å². The second-order valence-corrected chi connectivity index (χ2v) is 9.64. The number of nitrogens with one attached hydrogen (secondary N) is 1. The Hall–Kier alpha value is -4.60. The van der Waals surface area contributed by atoms with Gasteiger partial charge in [0.1, 0.15) is 17.4 Å². The largest absolute Gasteiger partial charge is 0.484 e. The summed E-state index contributed by atoms with van der Waals surface area (Å²) in [6.07, 6.45) is 0.624. The van der Waals surface area contributed by atoms with Crippen LogP contribution < -0.4 is 10.4 Å². The summed E-state index contributed by atoms with van der Waals surface area (Å²) in [6, 6.07) is 12.0. The average molecular weight is 547 g/mol. The van der Waals surface area contributed by atoms with Gasteiger partial charge in [0.2, 0.25) is 0 Å². The van der Waals surface area contributed by atoms with Crippen LogP contribution in [0.3, 0.4) is 0 Å². The number of fused-ring (bicyclic) bond motifs is 4. The van der Waals surface area contributed by atoms with Crippen LogP contribution in [0.5, 0.6) is 5.75 Å².